The fourth-order valence-electron chi connectivity index (χ4n) is 1.21. The van der Waals surface area contributed by atoms with E-state index in [0.717, 1.165) is 3.57 Å². The van der Waals surface area contributed by atoms with Gasteiger partial charge in [-0.15, -0.1) is 0 Å². The van der Waals surface area contributed by atoms with Gasteiger partial charge in [0, 0.05) is 0 Å². The largest absolute Gasteiger partial charge is 0.492 e. The predicted molar refractivity (Wildman–Crippen MR) is 62.3 cm³/mol. The highest BCUT2D eigenvalue weighted by atomic mass is 127. The molecular formula is C10H11IO3. The van der Waals surface area contributed by atoms with Crippen LogP contribution in [0.25, 0.3) is 0 Å². The summed E-state index contributed by atoms with van der Waals surface area (Å²) < 4.78 is 11.3. The first-order chi connectivity index (χ1) is 6.61. The Hall–Kier alpha value is -0.780. The lowest BCUT2D eigenvalue weighted by Crippen LogP contribution is -2.01. The Morgan fingerprint density at radius 1 is 1.21 bits per heavy atom. The van der Waals surface area contributed by atoms with Crippen LogP contribution in [0.2, 0.25) is 0 Å². The van der Waals surface area contributed by atoms with E-state index in [1.165, 1.54) is 14.0 Å². The quantitative estimate of drug-likeness (QED) is 0.636. The van der Waals surface area contributed by atoms with E-state index in [1.54, 1.807) is 13.2 Å². The summed E-state index contributed by atoms with van der Waals surface area (Å²) in [6.45, 7) is 1.50. The van der Waals surface area contributed by atoms with Crippen LogP contribution in [0, 0.1) is 3.57 Å². The molecular weight excluding hydrogens is 295 g/mol. The maximum atomic E-state index is 11.3. The van der Waals surface area contributed by atoms with E-state index < -0.39 is 0 Å². The summed E-state index contributed by atoms with van der Waals surface area (Å²) in [5, 5.41) is 0. The molecule has 0 saturated heterocycles. The first kappa shape index (κ1) is 11.3. The first-order valence-electron chi connectivity index (χ1n) is 4.03. The van der Waals surface area contributed by atoms with E-state index >= 15 is 0 Å². The van der Waals surface area contributed by atoms with Gasteiger partial charge in [-0.1, -0.05) is 0 Å². The van der Waals surface area contributed by atoms with Crippen LogP contribution in [0.1, 0.15) is 17.3 Å². The molecule has 0 aromatic heterocycles. The number of carbonyl (C=O) groups is 1. The average molecular weight is 306 g/mol. The van der Waals surface area contributed by atoms with Crippen LogP contribution in [0.15, 0.2) is 12.1 Å². The van der Waals surface area contributed by atoms with Gasteiger partial charge in [0.2, 0.25) is 0 Å². The lowest BCUT2D eigenvalue weighted by atomic mass is 10.1. The minimum atomic E-state index is -0.0310. The topological polar surface area (TPSA) is 35.5 Å². The highest BCUT2D eigenvalue weighted by Gasteiger charge is 2.15. The highest BCUT2D eigenvalue weighted by Crippen LogP contribution is 2.35. The van der Waals surface area contributed by atoms with E-state index in [9.17, 15) is 4.79 Å². The summed E-state index contributed by atoms with van der Waals surface area (Å²) in [7, 11) is 3.09. The summed E-state index contributed by atoms with van der Waals surface area (Å²) in [4.78, 5) is 11.3. The monoisotopic (exact) mass is 306 g/mol. The van der Waals surface area contributed by atoms with Crippen LogP contribution >= 0.6 is 22.6 Å². The molecule has 0 atom stereocenters. The standard InChI is InChI=1S/C10H11IO3/c1-6(12)7-4-5-8(11)10(14-3)9(7)13-2/h4-5H,1-3H3. The van der Waals surface area contributed by atoms with Gasteiger partial charge in [-0.2, -0.15) is 0 Å². The zero-order valence-electron chi connectivity index (χ0n) is 8.26. The van der Waals surface area contributed by atoms with Crippen molar-refractivity contribution in [3.8, 4) is 11.5 Å². The Morgan fingerprint density at radius 2 is 1.79 bits per heavy atom. The second-order valence-electron chi connectivity index (χ2n) is 2.72. The molecule has 76 valence electrons. The molecule has 0 amide bonds. The van der Waals surface area contributed by atoms with Crippen molar-refractivity contribution >= 4 is 28.4 Å². The molecule has 1 aromatic rings. The fraction of sp³-hybridized carbons (Fsp3) is 0.300. The maximum Gasteiger partial charge on any atom is 0.174 e. The van der Waals surface area contributed by atoms with Crippen molar-refractivity contribution in [2.45, 2.75) is 6.92 Å². The number of ether oxygens (including phenoxy) is 2. The van der Waals surface area contributed by atoms with Crippen molar-refractivity contribution in [1.82, 2.24) is 0 Å². The molecule has 3 nitrogen and oxygen atoms in total. The lowest BCUT2D eigenvalue weighted by Gasteiger charge is -2.12. The van der Waals surface area contributed by atoms with Crippen LogP contribution in [0.4, 0.5) is 0 Å². The molecule has 1 rings (SSSR count). The van der Waals surface area contributed by atoms with E-state index in [4.69, 9.17) is 9.47 Å². The predicted octanol–water partition coefficient (Wildman–Crippen LogP) is 2.51. The second-order valence-corrected chi connectivity index (χ2v) is 3.88. The molecule has 0 heterocycles. The Kier molecular flexibility index (Phi) is 3.74. The number of hydrogen-bond donors (Lipinski definition) is 0. The minimum absolute atomic E-state index is 0.0310. The maximum absolute atomic E-state index is 11.3. The molecule has 0 saturated carbocycles. The molecule has 0 unspecified atom stereocenters. The van der Waals surface area contributed by atoms with E-state index in [0.29, 0.717) is 17.1 Å². The van der Waals surface area contributed by atoms with Gasteiger partial charge < -0.3 is 9.47 Å². The number of halogens is 1. The van der Waals surface area contributed by atoms with Crippen molar-refractivity contribution < 1.29 is 14.3 Å². The van der Waals surface area contributed by atoms with Crippen molar-refractivity contribution in [1.29, 1.82) is 0 Å². The third kappa shape index (κ3) is 2.00. The van der Waals surface area contributed by atoms with Gasteiger partial charge in [-0.3, -0.25) is 4.79 Å². The number of hydrogen-bond acceptors (Lipinski definition) is 3. The summed E-state index contributed by atoms with van der Waals surface area (Å²) >= 11 is 2.13. The number of ketones is 1. The summed E-state index contributed by atoms with van der Waals surface area (Å²) in [6.07, 6.45) is 0. The number of Topliss-reactive ketones (excluding diaryl/α,β-unsaturated/α-hetero) is 1. The Morgan fingerprint density at radius 3 is 2.21 bits per heavy atom. The number of benzene rings is 1. The fourth-order valence-corrected chi connectivity index (χ4v) is 1.85. The van der Waals surface area contributed by atoms with Gasteiger partial charge in [0.05, 0.1) is 23.4 Å². The molecule has 0 fully saturated rings. The SMILES string of the molecule is COc1c(I)ccc(C(C)=O)c1OC. The van der Waals surface area contributed by atoms with Crippen LogP contribution in [-0.4, -0.2) is 20.0 Å². The van der Waals surface area contributed by atoms with E-state index in [2.05, 4.69) is 22.6 Å². The molecule has 0 bridgehead atoms. The number of rotatable bonds is 3. The third-order valence-electron chi connectivity index (χ3n) is 1.85. The Bertz CT molecular complexity index is 361. The van der Waals surface area contributed by atoms with Crippen molar-refractivity contribution in [3.05, 3.63) is 21.3 Å². The van der Waals surface area contributed by atoms with Crippen LogP contribution in [0.5, 0.6) is 11.5 Å². The molecule has 0 spiro atoms. The number of methoxy groups -OCH3 is 2. The van der Waals surface area contributed by atoms with Crippen LogP contribution in [0.3, 0.4) is 0 Å². The van der Waals surface area contributed by atoms with Crippen molar-refractivity contribution in [2.75, 3.05) is 14.2 Å². The Balaban J connectivity index is 3.40. The smallest absolute Gasteiger partial charge is 0.174 e. The molecule has 0 radical (unpaired) electrons. The van der Waals surface area contributed by atoms with Gasteiger partial charge in [0.15, 0.2) is 17.3 Å². The number of carbonyl (C=O) groups excluding carboxylic acids is 1. The summed E-state index contributed by atoms with van der Waals surface area (Å²) in [6, 6.07) is 3.57. The van der Waals surface area contributed by atoms with Crippen LogP contribution < -0.4 is 9.47 Å². The van der Waals surface area contributed by atoms with E-state index in [1.807, 2.05) is 6.07 Å². The lowest BCUT2D eigenvalue weighted by molar-refractivity contribution is 0.101. The molecule has 0 aliphatic carbocycles. The zero-order chi connectivity index (χ0) is 10.7. The van der Waals surface area contributed by atoms with Crippen molar-refractivity contribution in [2.24, 2.45) is 0 Å². The van der Waals surface area contributed by atoms with Crippen LogP contribution in [-0.2, 0) is 0 Å². The Labute approximate surface area is 96.5 Å². The van der Waals surface area contributed by atoms with Gasteiger partial charge in [-0.25, -0.2) is 0 Å². The third-order valence-corrected chi connectivity index (χ3v) is 2.70. The van der Waals surface area contributed by atoms with Gasteiger partial charge >= 0.3 is 0 Å². The zero-order valence-corrected chi connectivity index (χ0v) is 10.4. The van der Waals surface area contributed by atoms with Crippen molar-refractivity contribution in [3.63, 3.8) is 0 Å². The summed E-state index contributed by atoms with van der Waals surface area (Å²) in [5.74, 6) is 1.09. The average Bonchev–Trinajstić information content (AvgIpc) is 2.16. The molecule has 1 aromatic carbocycles. The molecule has 0 N–H and O–H groups in total. The molecule has 0 aliphatic rings. The normalized spacial score (nSPS) is 9.71. The summed E-state index contributed by atoms with van der Waals surface area (Å²) in [5.41, 5.74) is 0.546. The minimum Gasteiger partial charge on any atom is -0.492 e. The molecule has 14 heavy (non-hydrogen) atoms. The van der Waals surface area contributed by atoms with Gasteiger partial charge in [-0.05, 0) is 41.6 Å². The molecule has 4 heteroatoms. The van der Waals surface area contributed by atoms with Gasteiger partial charge in [0.1, 0.15) is 0 Å². The highest BCUT2D eigenvalue weighted by molar-refractivity contribution is 14.1. The second kappa shape index (κ2) is 4.63. The van der Waals surface area contributed by atoms with Gasteiger partial charge in [0.25, 0.3) is 0 Å². The first-order valence-corrected chi connectivity index (χ1v) is 5.11. The molecule has 0 aliphatic heterocycles. The van der Waals surface area contributed by atoms with E-state index in [-0.39, 0.29) is 5.78 Å².